The highest BCUT2D eigenvalue weighted by Gasteiger charge is 2.42. The van der Waals surface area contributed by atoms with Crippen molar-refractivity contribution in [2.24, 2.45) is 5.41 Å². The maximum Gasteiger partial charge on any atom is 0.181 e. The Bertz CT molecular complexity index is 1040. The Morgan fingerprint density at radius 3 is 2.79 bits per heavy atom. The molecule has 2 aliphatic heterocycles. The van der Waals surface area contributed by atoms with Gasteiger partial charge in [0.2, 0.25) is 0 Å². The highest BCUT2D eigenvalue weighted by molar-refractivity contribution is 5.79. The van der Waals surface area contributed by atoms with Gasteiger partial charge in [-0.25, -0.2) is 15.0 Å². The molecular formula is C21H24N4O4. The van der Waals surface area contributed by atoms with Gasteiger partial charge in [0.05, 0.1) is 24.6 Å². The van der Waals surface area contributed by atoms with Crippen LogP contribution in [0.25, 0.3) is 22.4 Å². The second-order valence-electron chi connectivity index (χ2n) is 8.08. The molecule has 0 amide bonds. The fourth-order valence-corrected chi connectivity index (χ4v) is 4.48. The predicted octanol–water partition coefficient (Wildman–Crippen LogP) is 2.41. The normalized spacial score (nSPS) is 21.3. The summed E-state index contributed by atoms with van der Waals surface area (Å²) in [6.45, 7) is 3.98. The number of piperidine rings is 1. The van der Waals surface area contributed by atoms with Gasteiger partial charge in [0, 0.05) is 30.5 Å². The summed E-state index contributed by atoms with van der Waals surface area (Å²) in [6, 6.07) is 5.74. The van der Waals surface area contributed by atoms with E-state index in [1.54, 1.807) is 0 Å². The lowest BCUT2D eigenvalue weighted by Gasteiger charge is -2.39. The van der Waals surface area contributed by atoms with E-state index in [2.05, 4.69) is 9.88 Å². The maximum atomic E-state index is 9.98. The van der Waals surface area contributed by atoms with Gasteiger partial charge in [0.15, 0.2) is 24.1 Å². The molecule has 1 atom stereocenters. The topological polar surface area (TPSA) is 105 Å². The van der Waals surface area contributed by atoms with Crippen LogP contribution < -0.4 is 4.90 Å². The summed E-state index contributed by atoms with van der Waals surface area (Å²) in [7, 11) is 0. The Morgan fingerprint density at radius 1 is 1.24 bits per heavy atom. The molecule has 1 spiro atoms. The zero-order valence-electron chi connectivity index (χ0n) is 16.3. The Balaban J connectivity index is 1.43. The van der Waals surface area contributed by atoms with Crippen molar-refractivity contribution in [1.29, 1.82) is 0 Å². The first kappa shape index (κ1) is 18.5. The first-order valence-corrected chi connectivity index (χ1v) is 9.93. The van der Waals surface area contributed by atoms with Crippen molar-refractivity contribution in [1.82, 2.24) is 15.0 Å². The number of ether oxygens (including phenoxy) is 1. The lowest BCUT2D eigenvalue weighted by molar-refractivity contribution is -0.0597. The molecule has 152 valence electrons. The number of aliphatic hydroxyl groups excluding tert-OH is 2. The van der Waals surface area contributed by atoms with Crippen molar-refractivity contribution in [3.8, 4) is 11.3 Å². The molecule has 3 aromatic rings. The number of aromatic nitrogens is 3. The second kappa shape index (κ2) is 7.05. The Labute approximate surface area is 168 Å². The van der Waals surface area contributed by atoms with Crippen LogP contribution in [0.4, 0.5) is 5.82 Å². The summed E-state index contributed by atoms with van der Waals surface area (Å²) >= 11 is 0. The van der Waals surface area contributed by atoms with Gasteiger partial charge in [0.25, 0.3) is 0 Å². The van der Waals surface area contributed by atoms with E-state index >= 15 is 0 Å². The lowest BCUT2D eigenvalue weighted by Crippen LogP contribution is -2.41. The Morgan fingerprint density at radius 2 is 2.07 bits per heavy atom. The quantitative estimate of drug-likeness (QED) is 0.695. The molecule has 0 saturated carbocycles. The van der Waals surface area contributed by atoms with Gasteiger partial charge in [-0.05, 0) is 31.9 Å². The molecule has 1 aromatic carbocycles. The van der Waals surface area contributed by atoms with Crippen molar-refractivity contribution >= 4 is 16.9 Å². The van der Waals surface area contributed by atoms with E-state index in [1.807, 2.05) is 25.1 Å². The minimum Gasteiger partial charge on any atom is -0.443 e. The van der Waals surface area contributed by atoms with Gasteiger partial charge in [0.1, 0.15) is 11.2 Å². The molecule has 2 fully saturated rings. The van der Waals surface area contributed by atoms with Crippen molar-refractivity contribution in [2.45, 2.75) is 39.1 Å². The highest BCUT2D eigenvalue weighted by atomic mass is 16.6. The molecule has 29 heavy (non-hydrogen) atoms. The van der Waals surface area contributed by atoms with Crippen LogP contribution in [0.3, 0.4) is 0 Å². The number of fused-ring (bicyclic) bond motifs is 1. The fraction of sp³-hybridized carbons (Fsp3) is 0.476. The Hall–Kier alpha value is -2.55. The summed E-state index contributed by atoms with van der Waals surface area (Å²) < 4.78 is 10.8. The van der Waals surface area contributed by atoms with Gasteiger partial charge in [-0.15, -0.1) is 0 Å². The number of aliphatic hydroxyl groups is 2. The molecule has 0 unspecified atom stereocenters. The fourth-order valence-electron chi connectivity index (χ4n) is 4.48. The van der Waals surface area contributed by atoms with Crippen molar-refractivity contribution in [2.75, 3.05) is 24.6 Å². The first-order valence-electron chi connectivity index (χ1n) is 9.93. The number of rotatable bonds is 3. The molecule has 0 bridgehead atoms. The average Bonchev–Trinajstić information content (AvgIpc) is 3.34. The SMILES string of the molecule is Cc1nc(N2CCC3(CC2)CO[C@@H](O)C3)c(CO)nc1-c1ccc2ncoc2c1. The van der Waals surface area contributed by atoms with Crippen LogP contribution in [-0.4, -0.2) is 51.2 Å². The minimum atomic E-state index is -0.641. The molecule has 5 rings (SSSR count). The third kappa shape index (κ3) is 3.27. The van der Waals surface area contributed by atoms with Crippen LogP contribution in [0.15, 0.2) is 29.0 Å². The summed E-state index contributed by atoms with van der Waals surface area (Å²) in [4.78, 5) is 15.9. The van der Waals surface area contributed by atoms with Crippen molar-refractivity contribution in [3.05, 3.63) is 36.0 Å². The molecule has 2 aromatic heterocycles. The molecule has 2 saturated heterocycles. The number of aryl methyl sites for hydroxylation is 1. The van der Waals surface area contributed by atoms with Crippen LogP contribution in [-0.2, 0) is 11.3 Å². The van der Waals surface area contributed by atoms with Gasteiger partial charge < -0.3 is 24.3 Å². The summed E-state index contributed by atoms with van der Waals surface area (Å²) in [5.41, 5.74) is 4.54. The van der Waals surface area contributed by atoms with E-state index in [0.717, 1.165) is 54.2 Å². The third-order valence-electron chi connectivity index (χ3n) is 6.19. The summed E-state index contributed by atoms with van der Waals surface area (Å²) in [5, 5.41) is 19.7. The average molecular weight is 396 g/mol. The number of benzene rings is 1. The zero-order valence-corrected chi connectivity index (χ0v) is 16.3. The van der Waals surface area contributed by atoms with Crippen molar-refractivity contribution in [3.63, 3.8) is 0 Å². The lowest BCUT2D eigenvalue weighted by atomic mass is 9.77. The summed E-state index contributed by atoms with van der Waals surface area (Å²) in [5.74, 6) is 0.740. The largest absolute Gasteiger partial charge is 0.443 e. The van der Waals surface area contributed by atoms with Gasteiger partial charge >= 0.3 is 0 Å². The summed E-state index contributed by atoms with van der Waals surface area (Å²) in [6.07, 6.45) is 3.34. The number of oxazole rings is 1. The van der Waals surface area contributed by atoms with Gasteiger partial charge in [-0.1, -0.05) is 6.07 Å². The molecule has 8 nitrogen and oxygen atoms in total. The van der Waals surface area contributed by atoms with E-state index in [1.165, 1.54) is 6.39 Å². The van der Waals surface area contributed by atoms with Crippen LogP contribution in [0, 0.1) is 12.3 Å². The van der Waals surface area contributed by atoms with Crippen LogP contribution >= 0.6 is 0 Å². The molecule has 0 radical (unpaired) electrons. The highest BCUT2D eigenvalue weighted by Crippen LogP contribution is 2.42. The molecule has 2 aliphatic rings. The Kier molecular flexibility index (Phi) is 4.49. The van der Waals surface area contributed by atoms with Gasteiger partial charge in [-0.2, -0.15) is 0 Å². The van der Waals surface area contributed by atoms with Crippen LogP contribution in [0.1, 0.15) is 30.7 Å². The van der Waals surface area contributed by atoms with E-state index in [4.69, 9.17) is 19.1 Å². The molecular weight excluding hydrogens is 372 g/mol. The predicted molar refractivity (Wildman–Crippen MR) is 106 cm³/mol. The maximum absolute atomic E-state index is 9.98. The molecule has 2 N–H and O–H groups in total. The molecule has 8 heteroatoms. The van der Waals surface area contributed by atoms with E-state index in [-0.39, 0.29) is 12.0 Å². The second-order valence-corrected chi connectivity index (χ2v) is 8.08. The van der Waals surface area contributed by atoms with E-state index < -0.39 is 6.29 Å². The number of anilines is 1. The van der Waals surface area contributed by atoms with Crippen LogP contribution in [0.2, 0.25) is 0 Å². The molecule has 4 heterocycles. The standard InChI is InChI=1S/C21H24N4O4/c1-13-19(14-2-3-15-17(8-14)29-12-22-15)24-16(10-26)20(23-13)25-6-4-21(5-7-25)9-18(27)28-11-21/h2-3,8,12,18,26-27H,4-7,9-11H2,1H3/t18-/m1/s1. The van der Waals surface area contributed by atoms with Crippen LogP contribution in [0.5, 0.6) is 0 Å². The van der Waals surface area contributed by atoms with Crippen molar-refractivity contribution < 1.29 is 19.4 Å². The number of nitrogens with zero attached hydrogens (tertiary/aromatic N) is 4. The van der Waals surface area contributed by atoms with Gasteiger partial charge in [-0.3, -0.25) is 0 Å². The first-order chi connectivity index (χ1) is 14.1. The zero-order chi connectivity index (χ0) is 20.0. The smallest absolute Gasteiger partial charge is 0.181 e. The monoisotopic (exact) mass is 396 g/mol. The third-order valence-corrected chi connectivity index (χ3v) is 6.19. The number of hydrogen-bond acceptors (Lipinski definition) is 8. The number of hydrogen-bond donors (Lipinski definition) is 2. The molecule has 0 aliphatic carbocycles. The van der Waals surface area contributed by atoms with E-state index in [0.29, 0.717) is 24.3 Å². The van der Waals surface area contributed by atoms with E-state index in [9.17, 15) is 10.2 Å². The minimum absolute atomic E-state index is 0.0597.